The van der Waals surface area contributed by atoms with E-state index in [0.717, 1.165) is 19.3 Å². The highest BCUT2D eigenvalue weighted by Gasteiger charge is 2.29. The minimum Gasteiger partial charge on any atom is -0.474 e. The van der Waals surface area contributed by atoms with Crippen LogP contribution in [0.2, 0.25) is 5.02 Å². The highest BCUT2D eigenvalue weighted by atomic mass is 35.5. The van der Waals surface area contributed by atoms with Crippen molar-refractivity contribution in [3.05, 3.63) is 47.1 Å². The van der Waals surface area contributed by atoms with E-state index < -0.39 is 15.9 Å². The molecule has 0 spiro atoms. The normalized spacial score (nSPS) is 15.0. The van der Waals surface area contributed by atoms with E-state index in [4.69, 9.17) is 21.1 Å². The molecule has 1 aliphatic rings. The number of benzene rings is 1. The number of piperidine rings is 1. The molecule has 0 saturated carbocycles. The van der Waals surface area contributed by atoms with Crippen LogP contribution in [-0.2, 0) is 14.8 Å². The molecular formula is C20H24ClN3O5S. The van der Waals surface area contributed by atoms with Crippen molar-refractivity contribution in [1.82, 2.24) is 9.29 Å². The van der Waals surface area contributed by atoms with E-state index in [2.05, 4.69) is 10.3 Å². The standard InChI is InChI=1S/C20H24ClN3O5S/c1-28-12-13-29-20-17(6-5-9-22-20)23-19(25)15-7-8-16(21)18(14-15)30(26,27)24-10-3-2-4-11-24/h5-9,14H,2-4,10-13H2,1H3,(H,23,25). The molecule has 0 atom stereocenters. The maximum atomic E-state index is 13.0. The van der Waals surface area contributed by atoms with Crippen LogP contribution >= 0.6 is 11.6 Å². The Labute approximate surface area is 181 Å². The lowest BCUT2D eigenvalue weighted by Crippen LogP contribution is -2.35. The van der Waals surface area contributed by atoms with Crippen molar-refractivity contribution in [2.45, 2.75) is 24.2 Å². The first-order chi connectivity index (χ1) is 14.4. The van der Waals surface area contributed by atoms with Crippen molar-refractivity contribution in [3.63, 3.8) is 0 Å². The number of hydrogen-bond acceptors (Lipinski definition) is 6. The summed E-state index contributed by atoms with van der Waals surface area (Å²) in [6.45, 7) is 1.55. The fraction of sp³-hybridized carbons (Fsp3) is 0.400. The number of amides is 1. The van der Waals surface area contributed by atoms with E-state index in [-0.39, 0.29) is 28.0 Å². The predicted octanol–water partition coefficient (Wildman–Crippen LogP) is 3.19. The van der Waals surface area contributed by atoms with Gasteiger partial charge in [0.2, 0.25) is 15.9 Å². The van der Waals surface area contributed by atoms with Crippen LogP contribution in [-0.4, -0.2) is 57.0 Å². The number of hydrogen-bond donors (Lipinski definition) is 1. The van der Waals surface area contributed by atoms with Crippen LogP contribution in [0.1, 0.15) is 29.6 Å². The van der Waals surface area contributed by atoms with Crippen molar-refractivity contribution >= 4 is 33.2 Å². The molecule has 1 aliphatic heterocycles. The maximum absolute atomic E-state index is 13.0. The molecule has 0 radical (unpaired) electrons. The molecule has 162 valence electrons. The summed E-state index contributed by atoms with van der Waals surface area (Å²) in [5, 5.41) is 2.80. The van der Waals surface area contributed by atoms with Gasteiger partial charge in [0.25, 0.3) is 5.91 Å². The first-order valence-electron chi connectivity index (χ1n) is 9.61. The van der Waals surface area contributed by atoms with E-state index in [9.17, 15) is 13.2 Å². The summed E-state index contributed by atoms with van der Waals surface area (Å²) in [5.74, 6) is -0.246. The molecule has 30 heavy (non-hydrogen) atoms. The third kappa shape index (κ3) is 5.28. The van der Waals surface area contributed by atoms with Crippen LogP contribution in [0.3, 0.4) is 0 Å². The summed E-state index contributed by atoms with van der Waals surface area (Å²) in [6.07, 6.45) is 4.17. The number of carbonyl (C=O) groups is 1. The zero-order valence-corrected chi connectivity index (χ0v) is 18.2. The number of halogens is 1. The topological polar surface area (TPSA) is 97.8 Å². The molecular weight excluding hydrogens is 430 g/mol. The molecule has 1 fully saturated rings. The van der Waals surface area contributed by atoms with Gasteiger partial charge in [0, 0.05) is 32.0 Å². The van der Waals surface area contributed by atoms with Gasteiger partial charge in [-0.05, 0) is 43.2 Å². The third-order valence-corrected chi connectivity index (χ3v) is 7.05. The average Bonchev–Trinajstić information content (AvgIpc) is 2.76. The van der Waals surface area contributed by atoms with Gasteiger partial charge in [-0.15, -0.1) is 0 Å². The molecule has 1 aromatic heterocycles. The lowest BCUT2D eigenvalue weighted by atomic mass is 10.2. The van der Waals surface area contributed by atoms with Gasteiger partial charge >= 0.3 is 0 Å². The van der Waals surface area contributed by atoms with Crippen molar-refractivity contribution < 1.29 is 22.7 Å². The van der Waals surface area contributed by atoms with Crippen LogP contribution < -0.4 is 10.1 Å². The zero-order valence-electron chi connectivity index (χ0n) is 16.6. The van der Waals surface area contributed by atoms with E-state index in [1.807, 2.05) is 0 Å². The Hall–Kier alpha value is -2.20. The Balaban J connectivity index is 1.82. The van der Waals surface area contributed by atoms with Crippen molar-refractivity contribution in [3.8, 4) is 5.88 Å². The molecule has 3 rings (SSSR count). The lowest BCUT2D eigenvalue weighted by molar-refractivity contribution is 0.102. The van der Waals surface area contributed by atoms with Gasteiger partial charge in [-0.2, -0.15) is 4.31 Å². The first kappa shape index (κ1) is 22.5. The number of rotatable bonds is 8. The smallest absolute Gasteiger partial charge is 0.255 e. The number of ether oxygens (including phenoxy) is 2. The number of anilines is 1. The molecule has 1 saturated heterocycles. The molecule has 1 N–H and O–H groups in total. The molecule has 2 heterocycles. The molecule has 8 nitrogen and oxygen atoms in total. The van der Waals surface area contributed by atoms with E-state index in [0.29, 0.717) is 25.4 Å². The van der Waals surface area contributed by atoms with Crippen molar-refractivity contribution in [1.29, 1.82) is 0 Å². The number of aromatic nitrogens is 1. The Bertz CT molecular complexity index is 994. The quantitative estimate of drug-likeness (QED) is 0.616. The molecule has 1 amide bonds. The predicted molar refractivity (Wildman–Crippen MR) is 114 cm³/mol. The summed E-state index contributed by atoms with van der Waals surface area (Å²) in [4.78, 5) is 16.8. The number of pyridine rings is 1. The van der Waals surface area contributed by atoms with E-state index in [1.54, 1.807) is 25.4 Å². The number of methoxy groups -OCH3 is 1. The van der Waals surface area contributed by atoms with Gasteiger partial charge in [0.1, 0.15) is 17.2 Å². The summed E-state index contributed by atoms with van der Waals surface area (Å²) >= 11 is 6.18. The minimum atomic E-state index is -3.77. The fourth-order valence-electron chi connectivity index (χ4n) is 3.10. The number of sulfonamides is 1. The zero-order chi connectivity index (χ0) is 21.6. The van der Waals surface area contributed by atoms with Gasteiger partial charge in [0.15, 0.2) is 0 Å². The average molecular weight is 454 g/mol. The first-order valence-corrected chi connectivity index (χ1v) is 11.4. The molecule has 10 heteroatoms. The summed E-state index contributed by atoms with van der Waals surface area (Å²) < 4.78 is 37.9. The fourth-order valence-corrected chi connectivity index (χ4v) is 5.12. The van der Waals surface area contributed by atoms with Gasteiger partial charge in [-0.25, -0.2) is 13.4 Å². The van der Waals surface area contributed by atoms with Gasteiger partial charge in [0.05, 0.1) is 11.6 Å². The van der Waals surface area contributed by atoms with Gasteiger partial charge in [-0.1, -0.05) is 18.0 Å². The number of nitrogens with zero attached hydrogens (tertiary/aromatic N) is 2. The SMILES string of the molecule is COCCOc1ncccc1NC(=O)c1ccc(Cl)c(S(=O)(=O)N2CCCCC2)c1. The second-order valence-electron chi connectivity index (χ2n) is 6.76. The van der Waals surface area contributed by atoms with Crippen LogP contribution in [0.15, 0.2) is 41.4 Å². The maximum Gasteiger partial charge on any atom is 0.255 e. The van der Waals surface area contributed by atoms with E-state index in [1.165, 1.54) is 22.5 Å². The Morgan fingerprint density at radius 3 is 2.70 bits per heavy atom. The Morgan fingerprint density at radius 1 is 1.20 bits per heavy atom. The lowest BCUT2D eigenvalue weighted by Gasteiger charge is -2.26. The van der Waals surface area contributed by atoms with Gasteiger partial charge in [-0.3, -0.25) is 4.79 Å². The highest BCUT2D eigenvalue weighted by molar-refractivity contribution is 7.89. The van der Waals surface area contributed by atoms with Crippen LogP contribution in [0.25, 0.3) is 0 Å². The van der Waals surface area contributed by atoms with Crippen molar-refractivity contribution in [2.24, 2.45) is 0 Å². The molecule has 0 unspecified atom stereocenters. The Morgan fingerprint density at radius 2 is 1.97 bits per heavy atom. The van der Waals surface area contributed by atoms with E-state index >= 15 is 0 Å². The summed E-state index contributed by atoms with van der Waals surface area (Å²) in [6, 6.07) is 7.52. The largest absolute Gasteiger partial charge is 0.474 e. The summed E-state index contributed by atoms with van der Waals surface area (Å²) in [5.41, 5.74) is 0.538. The second-order valence-corrected chi connectivity index (χ2v) is 9.08. The van der Waals surface area contributed by atoms with Crippen LogP contribution in [0, 0.1) is 0 Å². The number of carbonyl (C=O) groups excluding carboxylic acids is 1. The highest BCUT2D eigenvalue weighted by Crippen LogP contribution is 2.29. The monoisotopic (exact) mass is 453 g/mol. The van der Waals surface area contributed by atoms with Crippen LogP contribution in [0.5, 0.6) is 5.88 Å². The Kier molecular flexibility index (Phi) is 7.65. The molecule has 0 aliphatic carbocycles. The second kappa shape index (κ2) is 10.2. The minimum absolute atomic E-state index is 0.0681. The summed E-state index contributed by atoms with van der Waals surface area (Å²) in [7, 11) is -2.22. The van der Waals surface area contributed by atoms with Crippen molar-refractivity contribution in [2.75, 3.05) is 38.7 Å². The third-order valence-electron chi connectivity index (χ3n) is 4.67. The molecule has 1 aromatic carbocycles. The number of nitrogens with one attached hydrogen (secondary N) is 1. The molecule has 2 aromatic rings. The van der Waals surface area contributed by atoms with Crippen LogP contribution in [0.4, 0.5) is 5.69 Å². The molecule has 0 bridgehead atoms. The van der Waals surface area contributed by atoms with Gasteiger partial charge < -0.3 is 14.8 Å².